The van der Waals surface area contributed by atoms with Crippen LogP contribution in [-0.2, 0) is 6.61 Å². The van der Waals surface area contributed by atoms with E-state index >= 15 is 0 Å². The Hall–Kier alpha value is -2.88. The van der Waals surface area contributed by atoms with Crippen LogP contribution in [0.3, 0.4) is 0 Å². The molecular weight excluding hydrogens is 278 g/mol. The van der Waals surface area contributed by atoms with Crippen LogP contribution in [0.1, 0.15) is 21.6 Å². The van der Waals surface area contributed by atoms with Gasteiger partial charge < -0.3 is 9.15 Å². The first-order chi connectivity index (χ1) is 10.7. The highest BCUT2D eigenvalue weighted by molar-refractivity contribution is 5.74. The number of hydrogen-bond acceptors (Lipinski definition) is 4. The molecule has 0 atom stereocenters. The fourth-order valence-corrected chi connectivity index (χ4v) is 2.00. The fourth-order valence-electron chi connectivity index (χ4n) is 2.00. The largest absolute Gasteiger partial charge is 0.487 e. The maximum atomic E-state index is 10.6. The Kier molecular flexibility index (Phi) is 4.01. The summed E-state index contributed by atoms with van der Waals surface area (Å²) in [5.74, 6) is 1.26. The zero-order valence-electron chi connectivity index (χ0n) is 12.2. The maximum Gasteiger partial charge on any atom is 0.226 e. The van der Waals surface area contributed by atoms with E-state index in [1.807, 2.05) is 31.2 Å². The van der Waals surface area contributed by atoms with Gasteiger partial charge in [-0.25, -0.2) is 4.98 Å². The molecule has 3 rings (SSSR count). The minimum absolute atomic E-state index is 0.315. The zero-order valence-corrected chi connectivity index (χ0v) is 12.2. The first kappa shape index (κ1) is 14.1. The number of rotatable bonds is 5. The first-order valence-corrected chi connectivity index (χ1v) is 6.94. The molecule has 0 saturated carbocycles. The summed E-state index contributed by atoms with van der Waals surface area (Å²) in [4.78, 5) is 15.0. The number of aryl methyl sites for hydroxylation is 1. The van der Waals surface area contributed by atoms with Gasteiger partial charge in [-0.15, -0.1) is 0 Å². The van der Waals surface area contributed by atoms with Crippen LogP contribution in [0.25, 0.3) is 11.5 Å². The van der Waals surface area contributed by atoms with Gasteiger partial charge in [0.05, 0.1) is 0 Å². The summed E-state index contributed by atoms with van der Waals surface area (Å²) in [6.07, 6.45) is 2.39. The van der Waals surface area contributed by atoms with E-state index in [0.29, 0.717) is 23.8 Å². The number of carbonyl (C=O) groups excluding carboxylic acids is 1. The molecule has 4 nitrogen and oxygen atoms in total. The van der Waals surface area contributed by atoms with E-state index in [9.17, 15) is 4.79 Å². The van der Waals surface area contributed by atoms with Crippen molar-refractivity contribution in [2.75, 3.05) is 0 Å². The third-order valence-electron chi connectivity index (χ3n) is 3.25. The highest BCUT2D eigenvalue weighted by Crippen LogP contribution is 2.20. The van der Waals surface area contributed by atoms with Gasteiger partial charge in [-0.3, -0.25) is 4.79 Å². The summed E-state index contributed by atoms with van der Waals surface area (Å²) in [6, 6.07) is 14.9. The molecule has 0 saturated heterocycles. The summed E-state index contributed by atoms with van der Waals surface area (Å²) >= 11 is 0. The third kappa shape index (κ3) is 3.23. The van der Waals surface area contributed by atoms with Crippen LogP contribution in [0.5, 0.6) is 5.75 Å². The van der Waals surface area contributed by atoms with Gasteiger partial charge in [-0.1, -0.05) is 17.7 Å². The van der Waals surface area contributed by atoms with Crippen LogP contribution < -0.4 is 4.74 Å². The normalized spacial score (nSPS) is 10.4. The van der Waals surface area contributed by atoms with Gasteiger partial charge in [0.15, 0.2) is 0 Å². The Labute approximate surface area is 128 Å². The second-order valence-corrected chi connectivity index (χ2v) is 4.99. The second-order valence-electron chi connectivity index (χ2n) is 4.99. The minimum Gasteiger partial charge on any atom is -0.487 e. The second kappa shape index (κ2) is 6.26. The number of nitrogens with zero attached hydrogens (tertiary/aromatic N) is 1. The first-order valence-electron chi connectivity index (χ1n) is 6.94. The predicted molar refractivity (Wildman–Crippen MR) is 82.8 cm³/mol. The van der Waals surface area contributed by atoms with Gasteiger partial charge in [-0.2, -0.15) is 0 Å². The van der Waals surface area contributed by atoms with E-state index in [4.69, 9.17) is 9.15 Å². The van der Waals surface area contributed by atoms with Gasteiger partial charge in [0.2, 0.25) is 5.89 Å². The number of ether oxygens (including phenoxy) is 1. The average molecular weight is 293 g/mol. The molecule has 4 heteroatoms. The predicted octanol–water partition coefficient (Wildman–Crippen LogP) is 4.04. The van der Waals surface area contributed by atoms with Crippen molar-refractivity contribution in [3.05, 3.63) is 71.6 Å². The third-order valence-corrected chi connectivity index (χ3v) is 3.25. The Morgan fingerprint density at radius 3 is 2.50 bits per heavy atom. The van der Waals surface area contributed by atoms with Gasteiger partial charge >= 0.3 is 0 Å². The molecule has 0 unspecified atom stereocenters. The van der Waals surface area contributed by atoms with Crippen molar-refractivity contribution in [2.45, 2.75) is 13.5 Å². The fraction of sp³-hybridized carbons (Fsp3) is 0.111. The molecular formula is C18H15NO3. The Bertz CT molecular complexity index is 758. The highest BCUT2D eigenvalue weighted by atomic mass is 16.5. The topological polar surface area (TPSA) is 52.3 Å². The lowest BCUT2D eigenvalue weighted by Crippen LogP contribution is -1.95. The van der Waals surface area contributed by atoms with Crippen molar-refractivity contribution in [3.8, 4) is 17.2 Å². The van der Waals surface area contributed by atoms with Crippen molar-refractivity contribution >= 4 is 6.29 Å². The lowest BCUT2D eigenvalue weighted by Gasteiger charge is -2.03. The van der Waals surface area contributed by atoms with Gasteiger partial charge in [0, 0.05) is 11.1 Å². The van der Waals surface area contributed by atoms with Crippen LogP contribution in [-0.4, -0.2) is 11.3 Å². The van der Waals surface area contributed by atoms with E-state index < -0.39 is 0 Å². The van der Waals surface area contributed by atoms with Crippen molar-refractivity contribution in [3.63, 3.8) is 0 Å². The van der Waals surface area contributed by atoms with Crippen LogP contribution >= 0.6 is 0 Å². The summed E-state index contributed by atoms with van der Waals surface area (Å²) in [5, 5.41) is 0. The molecule has 22 heavy (non-hydrogen) atoms. The number of aromatic nitrogens is 1. The molecule has 1 heterocycles. The van der Waals surface area contributed by atoms with Crippen molar-refractivity contribution in [1.29, 1.82) is 0 Å². The minimum atomic E-state index is 0.315. The van der Waals surface area contributed by atoms with Crippen LogP contribution in [0.2, 0.25) is 0 Å². The molecule has 0 aliphatic carbocycles. The lowest BCUT2D eigenvalue weighted by molar-refractivity contribution is 0.112. The molecule has 0 bridgehead atoms. The number of benzene rings is 2. The zero-order chi connectivity index (χ0) is 15.4. The Balaban J connectivity index is 1.66. The maximum absolute atomic E-state index is 10.6. The highest BCUT2D eigenvalue weighted by Gasteiger charge is 2.07. The molecule has 0 amide bonds. The Morgan fingerprint density at radius 2 is 1.82 bits per heavy atom. The molecule has 0 aliphatic rings. The van der Waals surface area contributed by atoms with E-state index in [-0.39, 0.29) is 0 Å². The van der Waals surface area contributed by atoms with Crippen molar-refractivity contribution in [1.82, 2.24) is 4.98 Å². The van der Waals surface area contributed by atoms with E-state index in [0.717, 1.165) is 17.5 Å². The standard InChI is InChI=1S/C18H15NO3/c1-13-2-6-15(7-3-13)18-19-16(12-22-18)11-21-17-8-4-14(10-20)5-9-17/h2-10,12H,11H2,1H3. The molecule has 0 spiro atoms. The lowest BCUT2D eigenvalue weighted by atomic mass is 10.1. The van der Waals surface area contributed by atoms with Gasteiger partial charge in [0.25, 0.3) is 0 Å². The molecule has 0 fully saturated rings. The van der Waals surface area contributed by atoms with E-state index in [2.05, 4.69) is 4.98 Å². The molecule has 110 valence electrons. The number of aldehydes is 1. The SMILES string of the molecule is Cc1ccc(-c2nc(COc3ccc(C=O)cc3)co2)cc1. The summed E-state index contributed by atoms with van der Waals surface area (Å²) in [7, 11) is 0. The molecule has 0 N–H and O–H groups in total. The molecule has 2 aromatic carbocycles. The molecule has 0 aliphatic heterocycles. The van der Waals surface area contributed by atoms with Gasteiger partial charge in [0.1, 0.15) is 30.6 Å². The molecule has 0 radical (unpaired) electrons. The van der Waals surface area contributed by atoms with Crippen LogP contribution in [0, 0.1) is 6.92 Å². The quantitative estimate of drug-likeness (QED) is 0.666. The molecule has 3 aromatic rings. The summed E-state index contributed by atoms with van der Waals surface area (Å²) in [5.41, 5.74) is 3.47. The van der Waals surface area contributed by atoms with E-state index in [1.54, 1.807) is 30.5 Å². The average Bonchev–Trinajstić information content (AvgIpc) is 3.03. The summed E-state index contributed by atoms with van der Waals surface area (Å²) in [6.45, 7) is 2.35. The summed E-state index contributed by atoms with van der Waals surface area (Å²) < 4.78 is 11.1. The number of oxazole rings is 1. The van der Waals surface area contributed by atoms with Crippen molar-refractivity contribution < 1.29 is 13.9 Å². The number of carbonyl (C=O) groups is 1. The Morgan fingerprint density at radius 1 is 1.09 bits per heavy atom. The van der Waals surface area contributed by atoms with E-state index in [1.165, 1.54) is 5.56 Å². The van der Waals surface area contributed by atoms with Gasteiger partial charge in [-0.05, 0) is 43.3 Å². The molecule has 1 aromatic heterocycles. The smallest absolute Gasteiger partial charge is 0.226 e. The monoisotopic (exact) mass is 293 g/mol. The van der Waals surface area contributed by atoms with Crippen molar-refractivity contribution in [2.24, 2.45) is 0 Å². The van der Waals surface area contributed by atoms with Crippen LogP contribution in [0.15, 0.2) is 59.2 Å². The van der Waals surface area contributed by atoms with Crippen LogP contribution in [0.4, 0.5) is 0 Å². The number of hydrogen-bond donors (Lipinski definition) is 0.